The normalized spacial score (nSPS) is 10.5. The number of carbonyl (C=O) groups is 1. The van der Waals surface area contributed by atoms with E-state index >= 15 is 0 Å². The zero-order valence-electron chi connectivity index (χ0n) is 12.0. The van der Waals surface area contributed by atoms with Gasteiger partial charge in [0.15, 0.2) is 0 Å². The molecule has 0 saturated heterocycles. The Morgan fingerprint density at radius 2 is 1.89 bits per heavy atom. The molecule has 0 atom stereocenters. The molecule has 0 aromatic heterocycles. The molecule has 0 fully saturated rings. The highest BCUT2D eigenvalue weighted by Gasteiger charge is 2.03. The molecule has 1 rings (SSSR count). The lowest BCUT2D eigenvalue weighted by atomic mass is 10.2. The summed E-state index contributed by atoms with van der Waals surface area (Å²) in [6.45, 7) is 4.41. The van der Waals surface area contributed by atoms with Gasteiger partial charge in [-0.15, -0.1) is 0 Å². The van der Waals surface area contributed by atoms with Crippen molar-refractivity contribution >= 4 is 5.97 Å². The number of aryl methyl sites for hydroxylation is 1. The van der Waals surface area contributed by atoms with Crippen molar-refractivity contribution in [1.82, 2.24) is 4.90 Å². The second kappa shape index (κ2) is 8.53. The minimum absolute atomic E-state index is 0.149. The van der Waals surface area contributed by atoms with E-state index in [-0.39, 0.29) is 5.97 Å². The highest BCUT2D eigenvalue weighted by molar-refractivity contribution is 5.69. The van der Waals surface area contributed by atoms with E-state index in [1.165, 1.54) is 12.7 Å². The molecule has 0 N–H and O–H groups in total. The van der Waals surface area contributed by atoms with E-state index < -0.39 is 0 Å². The molecule has 19 heavy (non-hydrogen) atoms. The summed E-state index contributed by atoms with van der Waals surface area (Å²) in [5.74, 6) is 0.748. The van der Waals surface area contributed by atoms with E-state index in [1.54, 1.807) is 0 Å². The van der Waals surface area contributed by atoms with Gasteiger partial charge in [-0.2, -0.15) is 0 Å². The van der Waals surface area contributed by atoms with Crippen LogP contribution in [-0.2, 0) is 9.53 Å². The standard InChI is InChI=1S/C15H23NO3/c1-13-6-8-14(9-7-13)19-12-11-16(2)10-4-5-15(17)18-3/h6-9H,4-5,10-12H2,1-3H3. The summed E-state index contributed by atoms with van der Waals surface area (Å²) >= 11 is 0. The van der Waals surface area contributed by atoms with Gasteiger partial charge in [0, 0.05) is 13.0 Å². The molecule has 0 aliphatic carbocycles. The third-order valence-electron chi connectivity index (χ3n) is 2.91. The van der Waals surface area contributed by atoms with E-state index in [0.29, 0.717) is 13.0 Å². The predicted molar refractivity (Wildman–Crippen MR) is 75.4 cm³/mol. The molecule has 0 aliphatic heterocycles. The van der Waals surface area contributed by atoms with Crippen LogP contribution in [0.5, 0.6) is 5.75 Å². The summed E-state index contributed by atoms with van der Waals surface area (Å²) in [4.78, 5) is 13.1. The van der Waals surface area contributed by atoms with Gasteiger partial charge < -0.3 is 14.4 Å². The average molecular weight is 265 g/mol. The first-order valence-electron chi connectivity index (χ1n) is 6.56. The number of benzene rings is 1. The molecular weight excluding hydrogens is 242 g/mol. The fraction of sp³-hybridized carbons (Fsp3) is 0.533. The molecule has 0 radical (unpaired) electrons. The summed E-state index contributed by atoms with van der Waals surface area (Å²) in [5.41, 5.74) is 1.23. The fourth-order valence-corrected chi connectivity index (χ4v) is 1.66. The van der Waals surface area contributed by atoms with E-state index in [0.717, 1.165) is 25.3 Å². The van der Waals surface area contributed by atoms with Crippen LogP contribution < -0.4 is 4.74 Å². The van der Waals surface area contributed by atoms with E-state index in [2.05, 4.69) is 16.6 Å². The summed E-state index contributed by atoms with van der Waals surface area (Å²) in [5, 5.41) is 0. The molecule has 4 heteroatoms. The number of ether oxygens (including phenoxy) is 2. The number of hydrogen-bond donors (Lipinski definition) is 0. The molecule has 1 aromatic carbocycles. The number of carbonyl (C=O) groups excluding carboxylic acids is 1. The first-order valence-corrected chi connectivity index (χ1v) is 6.56. The highest BCUT2D eigenvalue weighted by Crippen LogP contribution is 2.11. The summed E-state index contributed by atoms with van der Waals surface area (Å²) < 4.78 is 10.2. The Hall–Kier alpha value is -1.55. The number of esters is 1. The van der Waals surface area contributed by atoms with Gasteiger partial charge in [0.25, 0.3) is 0 Å². The topological polar surface area (TPSA) is 38.8 Å². The molecule has 1 aromatic rings. The van der Waals surface area contributed by atoms with Crippen LogP contribution in [0.3, 0.4) is 0 Å². The van der Waals surface area contributed by atoms with Crippen LogP contribution in [0.15, 0.2) is 24.3 Å². The van der Waals surface area contributed by atoms with Gasteiger partial charge >= 0.3 is 5.97 Å². The lowest BCUT2D eigenvalue weighted by Crippen LogP contribution is -2.25. The number of rotatable bonds is 8. The number of methoxy groups -OCH3 is 1. The van der Waals surface area contributed by atoms with Crippen molar-refractivity contribution in [2.75, 3.05) is 33.9 Å². The fourth-order valence-electron chi connectivity index (χ4n) is 1.66. The first-order chi connectivity index (χ1) is 9.11. The molecule has 0 bridgehead atoms. The SMILES string of the molecule is COC(=O)CCCN(C)CCOc1ccc(C)cc1. The van der Waals surface area contributed by atoms with E-state index in [9.17, 15) is 4.79 Å². The smallest absolute Gasteiger partial charge is 0.305 e. The molecule has 0 amide bonds. The van der Waals surface area contributed by atoms with Crippen LogP contribution in [0.1, 0.15) is 18.4 Å². The Morgan fingerprint density at radius 1 is 1.21 bits per heavy atom. The minimum atomic E-state index is -0.149. The predicted octanol–water partition coefficient (Wildman–Crippen LogP) is 2.26. The van der Waals surface area contributed by atoms with Gasteiger partial charge in [-0.25, -0.2) is 0 Å². The van der Waals surface area contributed by atoms with Crippen molar-refractivity contribution in [2.24, 2.45) is 0 Å². The van der Waals surface area contributed by atoms with Gasteiger partial charge in [0.05, 0.1) is 7.11 Å². The van der Waals surface area contributed by atoms with E-state index in [1.807, 2.05) is 31.3 Å². The van der Waals surface area contributed by atoms with Gasteiger partial charge in [0.2, 0.25) is 0 Å². The van der Waals surface area contributed by atoms with Crippen molar-refractivity contribution in [2.45, 2.75) is 19.8 Å². The van der Waals surface area contributed by atoms with Crippen molar-refractivity contribution in [3.8, 4) is 5.75 Å². The Labute approximate surface area is 115 Å². The first kappa shape index (κ1) is 15.5. The molecule has 0 unspecified atom stereocenters. The van der Waals surface area contributed by atoms with Crippen molar-refractivity contribution in [1.29, 1.82) is 0 Å². The molecular formula is C15H23NO3. The Kier molecular flexibility index (Phi) is 6.97. The quantitative estimate of drug-likeness (QED) is 0.676. The highest BCUT2D eigenvalue weighted by atomic mass is 16.5. The molecule has 0 aliphatic rings. The van der Waals surface area contributed by atoms with Crippen LogP contribution >= 0.6 is 0 Å². The Bertz CT molecular complexity index is 375. The summed E-state index contributed by atoms with van der Waals surface area (Å²) in [7, 11) is 3.44. The molecule has 0 heterocycles. The van der Waals surface area contributed by atoms with Crippen LogP contribution in [0, 0.1) is 6.92 Å². The van der Waals surface area contributed by atoms with Gasteiger partial charge in [-0.05, 0) is 39.1 Å². The Morgan fingerprint density at radius 3 is 2.53 bits per heavy atom. The monoisotopic (exact) mass is 265 g/mol. The van der Waals surface area contributed by atoms with E-state index in [4.69, 9.17) is 4.74 Å². The number of likely N-dealkylation sites (N-methyl/N-ethyl adjacent to an activating group) is 1. The average Bonchev–Trinajstić information content (AvgIpc) is 2.41. The maximum Gasteiger partial charge on any atom is 0.305 e. The largest absolute Gasteiger partial charge is 0.492 e. The van der Waals surface area contributed by atoms with Crippen molar-refractivity contribution in [3.63, 3.8) is 0 Å². The van der Waals surface area contributed by atoms with Crippen LogP contribution in [0.2, 0.25) is 0 Å². The van der Waals surface area contributed by atoms with Crippen LogP contribution in [0.4, 0.5) is 0 Å². The maximum atomic E-state index is 11.0. The summed E-state index contributed by atoms with van der Waals surface area (Å²) in [6.07, 6.45) is 1.29. The second-order valence-electron chi connectivity index (χ2n) is 4.64. The lowest BCUT2D eigenvalue weighted by Gasteiger charge is -2.16. The molecule has 106 valence electrons. The van der Waals surface area contributed by atoms with Crippen LogP contribution in [-0.4, -0.2) is 44.7 Å². The zero-order chi connectivity index (χ0) is 14.1. The maximum absolute atomic E-state index is 11.0. The minimum Gasteiger partial charge on any atom is -0.492 e. The Balaban J connectivity index is 2.11. The molecule has 0 spiro atoms. The van der Waals surface area contributed by atoms with Crippen molar-refractivity contribution in [3.05, 3.63) is 29.8 Å². The van der Waals surface area contributed by atoms with Gasteiger partial charge in [-0.1, -0.05) is 17.7 Å². The third-order valence-corrected chi connectivity index (χ3v) is 2.91. The van der Waals surface area contributed by atoms with Gasteiger partial charge in [0.1, 0.15) is 12.4 Å². The zero-order valence-corrected chi connectivity index (χ0v) is 12.0. The number of nitrogens with zero attached hydrogens (tertiary/aromatic N) is 1. The second-order valence-corrected chi connectivity index (χ2v) is 4.64. The lowest BCUT2D eigenvalue weighted by molar-refractivity contribution is -0.140. The summed E-state index contributed by atoms with van der Waals surface area (Å²) in [6, 6.07) is 8.03. The van der Waals surface area contributed by atoms with Gasteiger partial charge in [-0.3, -0.25) is 4.79 Å². The van der Waals surface area contributed by atoms with Crippen LogP contribution in [0.25, 0.3) is 0 Å². The molecule has 4 nitrogen and oxygen atoms in total. The number of hydrogen-bond acceptors (Lipinski definition) is 4. The molecule has 0 saturated carbocycles. The van der Waals surface area contributed by atoms with Crippen molar-refractivity contribution < 1.29 is 14.3 Å². The third kappa shape index (κ3) is 6.82.